The number of benzene rings is 1. The van der Waals surface area contributed by atoms with Gasteiger partial charge < -0.3 is 14.6 Å². The van der Waals surface area contributed by atoms with E-state index in [1.165, 1.54) is 24.6 Å². The molecule has 0 bridgehead atoms. The lowest BCUT2D eigenvalue weighted by molar-refractivity contribution is -0.141. The summed E-state index contributed by atoms with van der Waals surface area (Å²) in [4.78, 5) is 50.2. The van der Waals surface area contributed by atoms with Gasteiger partial charge in [-0.2, -0.15) is 12.7 Å². The van der Waals surface area contributed by atoms with Crippen molar-refractivity contribution in [1.82, 2.24) is 28.5 Å². The van der Waals surface area contributed by atoms with Gasteiger partial charge in [0.15, 0.2) is 5.78 Å². The molecule has 1 saturated carbocycles. The van der Waals surface area contributed by atoms with E-state index in [9.17, 15) is 27.9 Å². The Morgan fingerprint density at radius 2 is 0.835 bits per heavy atom. The quantitative estimate of drug-likeness (QED) is 0.0418. The number of rotatable bonds is 47. The fraction of sp³-hybridized carbons (Fsp3) is 0.615. The molecular weight excluding hydrogens is 1670 g/mol. The molecule has 4 heterocycles. The standard InChI is InChI=1S/C22H35N3O6S.C17H20ClN3S.B85/c1-15-9-7-5-4-6-8-10-16-12-22(16,21(29)23-32(30,31)24(2)3)13-19(27)18-11-17(26)14-25(18)20(15)28;1-9(2)13-8-22-16(19-13)12-6-11(5)7-14-15(12)20-17(18)21(14)10(3)4;1-44-66(45(2)3)77(67(46(4)5)47(6)7)82(76(64(40)41)65(42)43)85(83(78(68(48(8)9)49(10)11)69(50(12)13)51(14)15)79(70(52(16)17)53(18)19)71(54(20)21)55(22)23)84(80(72(56(24)25)57(26)27)73(58(28)29)59(30)31)81(74(60(32)33)61(34)35)75(62(36)37)63(38)39/h8,10,15-18,26H,4-7,9,11-14H2,1-3H3,(H,23,29);6-10H,1-5H3;/b10-8-;;/t15-,16+,17+,18-,22+;;/m0../s1. The third-order valence-corrected chi connectivity index (χ3v) is 31.3. The van der Waals surface area contributed by atoms with E-state index < -0.39 is 295 Å². The molecule has 12 nitrogen and oxygen atoms in total. The van der Waals surface area contributed by atoms with Crippen molar-refractivity contribution in [1.29, 1.82) is 0 Å². The van der Waals surface area contributed by atoms with Crippen LogP contribution in [0.4, 0.5) is 0 Å². The number of aromatic nitrogens is 3. The van der Waals surface area contributed by atoms with E-state index in [2.05, 4.69) is 66.4 Å². The van der Waals surface area contributed by atoms with E-state index in [0.29, 0.717) is 17.6 Å². The Labute approximate surface area is 922 Å². The number of hydrogen-bond donors (Lipinski definition) is 2. The maximum atomic E-state index is 13.3. The molecule has 2 amide bonds. The highest BCUT2D eigenvalue weighted by atomic mass is 35.5. The SMILES string of the molecule is C[C@H]1CCCCC/C=C\[C@@H]2C[C@@]2(C(=O)NS(=O)(=O)N(C)C)CC(=O)[C@@H]2C[C@@H](O)CN2C1=O.Cc1cc(-c2nc(C(C)C)cs2)c2nc(Cl)n(C(C)C)c2c1.[B][B]B(B([B])[B])B(B(B([B])[B])B([B])[B])B(B(B([B])[B])B([B])[B])B(B(B(B(B([B])[B])B([B])[B])B(B([B])[B])B([B])[B])B(B(B([B])[B])B([B])[B])B(B([B])[B])B([B])[B])B(B(B(B([B])[B])B([B])[B])B(B([B])[B])B([B])[B])B(B(B([B])[B])B([B])[B])B(B([B])[B])B([B])[B]. The van der Waals surface area contributed by atoms with Gasteiger partial charge in [-0.15, -0.1) is 11.3 Å². The second kappa shape index (κ2) is 59.9. The molecule has 2 N–H and O–H groups in total. The number of halogens is 1. The first-order chi connectivity index (χ1) is 64.1. The van der Waals surface area contributed by atoms with Crippen LogP contribution >= 0.6 is 22.9 Å². The second-order valence-electron chi connectivity index (χ2n) is 39.8. The van der Waals surface area contributed by atoms with Crippen molar-refractivity contribution in [3.05, 3.63) is 46.2 Å². The molecule has 87 radical (unpaired) electrons. The van der Waals surface area contributed by atoms with E-state index in [1.54, 1.807) is 11.3 Å². The van der Waals surface area contributed by atoms with E-state index >= 15 is 0 Å². The Balaban J connectivity index is 0.000000590. The largest absolute Gasteiger partial charge is 0.391 e. The molecule has 2 aromatic heterocycles. The van der Waals surface area contributed by atoms with Crippen LogP contribution in [0, 0.1) is 24.2 Å². The summed E-state index contributed by atoms with van der Waals surface area (Å²) in [7, 11) is 298. The van der Waals surface area contributed by atoms with Crippen molar-refractivity contribution in [3.8, 4) is 10.6 Å². The molecule has 1 aliphatic carbocycles. The molecule has 5 atom stereocenters. The van der Waals surface area contributed by atoms with Gasteiger partial charge >= 0.3 is 10.2 Å². The number of allylic oxidation sites excluding steroid dienone is 2. The fourth-order valence-corrected chi connectivity index (χ4v) is 24.6. The van der Waals surface area contributed by atoms with E-state index in [0.717, 1.165) is 70.8 Å². The number of nitrogens with one attached hydrogen (secondary N) is 1. The molecule has 139 heavy (non-hydrogen) atoms. The van der Waals surface area contributed by atoms with Crippen LogP contribution in [0.1, 0.15) is 109 Å². The molecule has 6 rings (SSSR count). The van der Waals surface area contributed by atoms with Gasteiger partial charge in [-0.05, 0) is 87.6 Å². The van der Waals surface area contributed by atoms with Crippen LogP contribution in [0.2, 0.25) is 5.28 Å². The summed E-state index contributed by atoms with van der Waals surface area (Å²) in [6.45, 7) is 12.6. The van der Waals surface area contributed by atoms with Gasteiger partial charge in [0.25, 0.3) is 0 Å². The number of carbonyl (C=O) groups is 3. The Hall–Kier alpha value is 2.35. The average Bonchev–Trinajstić information content (AvgIpc) is 1.64. The van der Waals surface area contributed by atoms with Gasteiger partial charge in [-0.3, -0.25) is 14.4 Å². The zero-order valence-electron chi connectivity index (χ0n) is 81.7. The van der Waals surface area contributed by atoms with Crippen LogP contribution in [0.25, 0.3) is 21.6 Å². The van der Waals surface area contributed by atoms with Crippen molar-refractivity contribution >= 4 is 663 Å². The number of nitrogens with zero attached hydrogens (tertiary/aromatic N) is 5. The van der Waals surface area contributed by atoms with Gasteiger partial charge in [0.1, 0.15) is 10.5 Å². The lowest BCUT2D eigenvalue weighted by Gasteiger charge is -2.62. The number of aliphatic hydroxyl groups excluding tert-OH is 1. The van der Waals surface area contributed by atoms with E-state index in [4.69, 9.17) is 349 Å². The number of imidazole rings is 1. The van der Waals surface area contributed by atoms with Crippen LogP contribution in [-0.4, -0.2) is 689 Å². The number of amides is 2. The highest BCUT2D eigenvalue weighted by molar-refractivity contribution is 8.42. The maximum Gasteiger partial charge on any atom is 0.303 e. The molecule has 1 saturated heterocycles. The highest BCUT2D eigenvalue weighted by Gasteiger charge is 2.68. The van der Waals surface area contributed by atoms with Crippen molar-refractivity contribution < 1.29 is 27.9 Å². The Morgan fingerprint density at radius 1 is 0.504 bits per heavy atom. The minimum Gasteiger partial charge on any atom is -0.391 e. The summed E-state index contributed by atoms with van der Waals surface area (Å²) in [6, 6.07) is 3.79. The summed E-state index contributed by atoms with van der Waals surface area (Å²) in [5.74, 6) is -1.18. The van der Waals surface area contributed by atoms with Crippen molar-refractivity contribution in [3.63, 3.8) is 0 Å². The van der Waals surface area contributed by atoms with Crippen LogP contribution in [-0.2, 0) is 24.6 Å². The predicted molar refractivity (Wildman–Crippen MR) is 703 cm³/mol. The van der Waals surface area contributed by atoms with Gasteiger partial charge in [-0.25, -0.2) is 14.7 Å². The number of aliphatic hydroxyl groups is 1. The highest BCUT2D eigenvalue weighted by Crippen LogP contribution is 2.57. The smallest absolute Gasteiger partial charge is 0.303 e. The summed E-state index contributed by atoms with van der Waals surface area (Å²) in [5.41, 5.74) is 4.27. The predicted octanol–water partition coefficient (Wildman–Crippen LogP) is -25.5. The van der Waals surface area contributed by atoms with Crippen LogP contribution < -0.4 is 4.72 Å². The number of Topliss-reactive ketones (excluding diaryl/α,β-unsaturated/α-hetero) is 1. The van der Waals surface area contributed by atoms with E-state index in [1.807, 2.05) is 19.1 Å². The van der Waals surface area contributed by atoms with Crippen molar-refractivity contribution in [2.24, 2.45) is 17.3 Å². The molecule has 3 aromatic rings. The number of thiazole rings is 1. The third-order valence-electron chi connectivity index (χ3n) is 28.8. The lowest BCUT2D eigenvalue weighted by atomic mass is 8.19. The first-order valence-corrected chi connectivity index (χ1v) is 49.6. The minimum atomic E-state index is -3.99. The number of aryl methyl sites for hydroxylation is 1. The molecule has 551 valence electrons. The molecule has 0 spiro atoms. The van der Waals surface area contributed by atoms with Gasteiger partial charge in [-0.1, -0.05) is 45.8 Å². The maximum absolute atomic E-state index is 13.3. The van der Waals surface area contributed by atoms with Gasteiger partial charge in [0.05, 0.1) is 28.8 Å². The van der Waals surface area contributed by atoms with Crippen LogP contribution in [0.3, 0.4) is 0 Å². The normalized spacial score (nSPS) is 16.1. The first-order valence-electron chi connectivity index (χ1n) is 46.9. The molecule has 2 aliphatic heterocycles. The van der Waals surface area contributed by atoms with Crippen molar-refractivity contribution in [2.75, 3.05) is 20.6 Å². The van der Waals surface area contributed by atoms with Gasteiger partial charge in [0, 0.05) is 658 Å². The van der Waals surface area contributed by atoms with Crippen LogP contribution in [0.15, 0.2) is 29.7 Å². The monoisotopic (exact) mass is 1740 g/mol. The zero-order chi connectivity index (χ0) is 107. The Morgan fingerprint density at radius 3 is 1.14 bits per heavy atom. The topological polar surface area (TPSA) is 155 Å². The van der Waals surface area contributed by atoms with Gasteiger partial charge in [0.2, 0.25) is 17.1 Å². The second-order valence-corrected chi connectivity index (χ2v) is 42.9. The summed E-state index contributed by atoms with van der Waals surface area (Å²) >= 11 is 8.04. The third kappa shape index (κ3) is 34.7. The molecule has 100 heteroatoms. The minimum absolute atomic E-state index is 0.108. The Kier molecular flexibility index (Phi) is 57.6. The fourth-order valence-electron chi connectivity index (χ4n) is 22.6. The lowest BCUT2D eigenvalue weighted by Crippen LogP contribution is -3.00. The average molecular weight is 1720 g/mol. The molecule has 2 fully saturated rings. The molecular formula is C39H55B85ClN6O6S2. The molecule has 0 unspecified atom stereocenters. The number of ketones is 1. The molecule has 3 aliphatic rings. The summed E-state index contributed by atoms with van der Waals surface area (Å²) in [5, 5.41) is 13.9. The van der Waals surface area contributed by atoms with Crippen LogP contribution in [0.5, 0.6) is 0 Å². The number of hydrogen-bond acceptors (Lipinski definition) is 9. The van der Waals surface area contributed by atoms with E-state index in [-0.39, 0.29) is 49.0 Å². The number of carbonyl (C=O) groups excluding carboxylic acids is 3. The Bertz CT molecular complexity index is 4010. The van der Waals surface area contributed by atoms with Crippen molar-refractivity contribution in [2.45, 2.75) is 117 Å². The summed E-state index contributed by atoms with van der Waals surface area (Å²) < 4.78 is 29.6. The number of fused-ring (bicyclic) bond motifs is 3. The first kappa shape index (κ1) is 134. The zero-order valence-corrected chi connectivity index (χ0v) is 84.1. The summed E-state index contributed by atoms with van der Waals surface area (Å²) in [6.07, 6.45) is -62.6. The molecule has 1 aromatic carbocycles.